The monoisotopic (exact) mass is 382 g/mol. The van der Waals surface area contributed by atoms with Crippen LogP contribution < -0.4 is 10.2 Å². The molecule has 2 aromatic carbocycles. The lowest BCUT2D eigenvalue weighted by Crippen LogP contribution is -2.43. The number of anilines is 1. The van der Waals surface area contributed by atoms with E-state index in [9.17, 15) is 24.5 Å². The number of amides is 4. The predicted molar refractivity (Wildman–Crippen MR) is 101 cm³/mol. The number of non-ortho nitro benzene ring substituents is 1. The molecule has 0 radical (unpaired) electrons. The second kappa shape index (κ2) is 7.10. The molecular weight excluding hydrogens is 364 g/mol. The summed E-state index contributed by atoms with van der Waals surface area (Å²) in [4.78, 5) is 50.1. The maximum atomic E-state index is 12.8. The molecule has 1 N–H and O–H groups in total. The number of hydrogen-bond acceptors (Lipinski definition) is 5. The Labute approximate surface area is 160 Å². The van der Waals surface area contributed by atoms with Crippen LogP contribution in [0.1, 0.15) is 12.5 Å². The summed E-state index contributed by atoms with van der Waals surface area (Å²) < 4.78 is 0. The van der Waals surface area contributed by atoms with E-state index in [0.29, 0.717) is 11.3 Å². The number of nitrogens with one attached hydrogen (secondary N) is 1. The number of imide groups is 1. The van der Waals surface area contributed by atoms with Crippen molar-refractivity contribution >= 4 is 29.2 Å². The molecule has 9 nitrogen and oxygen atoms in total. The molecule has 9 heteroatoms. The Kier molecular flexibility index (Phi) is 4.83. The van der Waals surface area contributed by atoms with Gasteiger partial charge in [0.25, 0.3) is 11.6 Å². The zero-order valence-corrected chi connectivity index (χ0v) is 15.3. The first-order valence-corrected chi connectivity index (χ1v) is 8.44. The SMILES string of the molecule is CN(C(=O)CN1C(=O)N[C@@](C)(c2ccccc2)C1=O)c1ccc([N+](=O)[O-])cc1. The molecule has 1 saturated heterocycles. The average Bonchev–Trinajstić information content (AvgIpc) is 2.92. The molecule has 0 bridgehead atoms. The third-order valence-corrected chi connectivity index (χ3v) is 4.74. The van der Waals surface area contributed by atoms with Crippen molar-refractivity contribution in [3.63, 3.8) is 0 Å². The molecule has 1 aliphatic heterocycles. The van der Waals surface area contributed by atoms with Crippen molar-refractivity contribution in [1.82, 2.24) is 10.2 Å². The molecule has 0 unspecified atom stereocenters. The fourth-order valence-corrected chi connectivity index (χ4v) is 2.99. The minimum atomic E-state index is -1.25. The van der Waals surface area contributed by atoms with Gasteiger partial charge in [0.05, 0.1) is 4.92 Å². The van der Waals surface area contributed by atoms with Gasteiger partial charge >= 0.3 is 6.03 Å². The molecule has 144 valence electrons. The molecule has 0 spiro atoms. The Morgan fingerprint density at radius 1 is 1.14 bits per heavy atom. The Morgan fingerprint density at radius 2 is 1.75 bits per heavy atom. The molecular formula is C19H18N4O5. The van der Waals surface area contributed by atoms with Crippen LogP contribution in [0.4, 0.5) is 16.2 Å². The zero-order valence-electron chi connectivity index (χ0n) is 15.3. The molecule has 1 atom stereocenters. The summed E-state index contributed by atoms with van der Waals surface area (Å²) >= 11 is 0. The fourth-order valence-electron chi connectivity index (χ4n) is 2.99. The van der Waals surface area contributed by atoms with Crippen LogP contribution in [0.25, 0.3) is 0 Å². The summed E-state index contributed by atoms with van der Waals surface area (Å²) in [5.74, 6) is -1.02. The van der Waals surface area contributed by atoms with E-state index in [1.54, 1.807) is 37.3 Å². The van der Waals surface area contributed by atoms with E-state index in [1.807, 2.05) is 0 Å². The summed E-state index contributed by atoms with van der Waals surface area (Å²) in [5, 5.41) is 13.4. The highest BCUT2D eigenvalue weighted by molar-refractivity contribution is 6.10. The number of nitrogens with zero attached hydrogens (tertiary/aromatic N) is 3. The minimum Gasteiger partial charge on any atom is -0.319 e. The van der Waals surface area contributed by atoms with Crippen LogP contribution in [0, 0.1) is 10.1 Å². The summed E-state index contributed by atoms with van der Waals surface area (Å²) in [6.07, 6.45) is 0. The van der Waals surface area contributed by atoms with Gasteiger partial charge in [-0.3, -0.25) is 24.6 Å². The smallest absolute Gasteiger partial charge is 0.319 e. The van der Waals surface area contributed by atoms with Crippen LogP contribution in [-0.4, -0.2) is 41.3 Å². The Balaban J connectivity index is 1.75. The molecule has 1 aliphatic rings. The number of hydrogen-bond donors (Lipinski definition) is 1. The summed E-state index contributed by atoms with van der Waals surface area (Å²) in [6, 6.07) is 13.5. The van der Waals surface area contributed by atoms with Crippen molar-refractivity contribution < 1.29 is 19.3 Å². The fraction of sp³-hybridized carbons (Fsp3) is 0.211. The van der Waals surface area contributed by atoms with Crippen molar-refractivity contribution in [1.29, 1.82) is 0 Å². The van der Waals surface area contributed by atoms with Crippen molar-refractivity contribution in [2.24, 2.45) is 0 Å². The second-order valence-electron chi connectivity index (χ2n) is 6.54. The molecule has 28 heavy (non-hydrogen) atoms. The highest BCUT2D eigenvalue weighted by atomic mass is 16.6. The van der Waals surface area contributed by atoms with Crippen LogP contribution in [0.2, 0.25) is 0 Å². The van der Waals surface area contributed by atoms with E-state index in [1.165, 1.54) is 36.2 Å². The maximum absolute atomic E-state index is 12.8. The first-order chi connectivity index (χ1) is 13.2. The van der Waals surface area contributed by atoms with Crippen molar-refractivity contribution in [2.45, 2.75) is 12.5 Å². The van der Waals surface area contributed by atoms with Crippen molar-refractivity contribution in [3.05, 3.63) is 70.3 Å². The van der Waals surface area contributed by atoms with Crippen LogP contribution in [0.3, 0.4) is 0 Å². The minimum absolute atomic E-state index is 0.0997. The number of nitro benzene ring substituents is 1. The lowest BCUT2D eigenvalue weighted by Gasteiger charge is -2.23. The summed E-state index contributed by atoms with van der Waals surface area (Å²) in [6.45, 7) is 1.15. The third kappa shape index (κ3) is 3.29. The number of rotatable bonds is 5. The maximum Gasteiger partial charge on any atom is 0.325 e. The van der Waals surface area contributed by atoms with Crippen molar-refractivity contribution in [2.75, 3.05) is 18.5 Å². The molecule has 0 saturated carbocycles. The van der Waals surface area contributed by atoms with Gasteiger partial charge in [0, 0.05) is 24.9 Å². The van der Waals surface area contributed by atoms with E-state index in [2.05, 4.69) is 5.32 Å². The molecule has 4 amide bonds. The quantitative estimate of drug-likeness (QED) is 0.483. The Bertz CT molecular complexity index is 945. The molecule has 1 heterocycles. The highest BCUT2D eigenvalue weighted by Gasteiger charge is 2.49. The Hall–Kier alpha value is -3.75. The van der Waals surface area contributed by atoms with Gasteiger partial charge in [-0.25, -0.2) is 4.79 Å². The number of carbonyl (C=O) groups excluding carboxylic acids is 3. The average molecular weight is 382 g/mol. The van der Waals surface area contributed by atoms with Crippen LogP contribution >= 0.6 is 0 Å². The van der Waals surface area contributed by atoms with Gasteiger partial charge in [-0.2, -0.15) is 0 Å². The zero-order chi connectivity index (χ0) is 20.5. The highest BCUT2D eigenvalue weighted by Crippen LogP contribution is 2.28. The number of urea groups is 1. The summed E-state index contributed by atoms with van der Waals surface area (Å²) in [5.41, 5.74) is -0.317. The van der Waals surface area contributed by atoms with Crippen LogP contribution in [0.5, 0.6) is 0 Å². The number of benzene rings is 2. The van der Waals surface area contributed by atoms with Crippen molar-refractivity contribution in [3.8, 4) is 0 Å². The second-order valence-corrected chi connectivity index (χ2v) is 6.54. The number of likely N-dealkylation sites (N-methyl/N-ethyl adjacent to an activating group) is 1. The van der Waals surface area contributed by atoms with E-state index < -0.39 is 34.9 Å². The van der Waals surface area contributed by atoms with Crippen LogP contribution in [0.15, 0.2) is 54.6 Å². The predicted octanol–water partition coefficient (Wildman–Crippen LogP) is 2.02. The lowest BCUT2D eigenvalue weighted by molar-refractivity contribution is -0.384. The topological polar surface area (TPSA) is 113 Å². The van der Waals surface area contributed by atoms with E-state index in [-0.39, 0.29) is 5.69 Å². The largest absolute Gasteiger partial charge is 0.325 e. The molecule has 0 aromatic heterocycles. The van der Waals surface area contributed by atoms with Gasteiger partial charge in [-0.15, -0.1) is 0 Å². The third-order valence-electron chi connectivity index (χ3n) is 4.74. The van der Waals surface area contributed by atoms with E-state index in [0.717, 1.165) is 4.90 Å². The molecule has 0 aliphatic carbocycles. The Morgan fingerprint density at radius 3 is 2.32 bits per heavy atom. The molecule has 2 aromatic rings. The normalized spacial score (nSPS) is 18.7. The van der Waals surface area contributed by atoms with Crippen LogP contribution in [-0.2, 0) is 15.1 Å². The molecule has 3 rings (SSSR count). The van der Waals surface area contributed by atoms with Gasteiger partial charge < -0.3 is 10.2 Å². The van der Waals surface area contributed by atoms with Gasteiger partial charge in [-0.05, 0) is 24.6 Å². The summed E-state index contributed by atoms with van der Waals surface area (Å²) in [7, 11) is 1.47. The van der Waals surface area contributed by atoms with E-state index in [4.69, 9.17) is 0 Å². The molecule has 1 fully saturated rings. The first kappa shape index (κ1) is 19.0. The van der Waals surface area contributed by atoms with E-state index >= 15 is 0 Å². The number of nitro groups is 1. The standard InChI is InChI=1S/C19H18N4O5/c1-19(13-6-4-3-5-7-13)17(25)22(18(26)20-19)12-16(24)21(2)14-8-10-15(11-9-14)23(27)28/h3-11H,12H2,1-2H3,(H,20,26)/t19-/m0/s1. The van der Waals surface area contributed by atoms with Gasteiger partial charge in [0.15, 0.2) is 0 Å². The van der Waals surface area contributed by atoms with Gasteiger partial charge in [0.2, 0.25) is 5.91 Å². The number of carbonyl (C=O) groups is 3. The van der Waals surface area contributed by atoms with Gasteiger partial charge in [-0.1, -0.05) is 30.3 Å². The van der Waals surface area contributed by atoms with Gasteiger partial charge in [0.1, 0.15) is 12.1 Å². The lowest BCUT2D eigenvalue weighted by atomic mass is 9.92. The first-order valence-electron chi connectivity index (χ1n) is 8.44.